The Morgan fingerprint density at radius 2 is 2.19 bits per heavy atom. The summed E-state index contributed by atoms with van der Waals surface area (Å²) in [6, 6.07) is 7.93. The maximum atomic E-state index is 13.3. The molecule has 3 heterocycles. The molecular formula is C21H22N2O2S. The van der Waals surface area contributed by atoms with Gasteiger partial charge in [0.25, 0.3) is 5.91 Å². The summed E-state index contributed by atoms with van der Waals surface area (Å²) in [5.74, 6) is -0.168. The van der Waals surface area contributed by atoms with E-state index in [1.807, 2.05) is 35.4 Å². The van der Waals surface area contributed by atoms with Crippen LogP contribution in [0.25, 0.3) is 10.9 Å². The molecule has 1 aliphatic heterocycles. The summed E-state index contributed by atoms with van der Waals surface area (Å²) in [6.45, 7) is 5.47. The smallest absolute Gasteiger partial charge is 0.259 e. The number of nitrogens with zero attached hydrogens (tertiary/aromatic N) is 2. The zero-order valence-corrected chi connectivity index (χ0v) is 15.9. The summed E-state index contributed by atoms with van der Waals surface area (Å²) in [7, 11) is 0. The lowest BCUT2D eigenvalue weighted by atomic mass is 10.1. The minimum absolute atomic E-state index is 0.0717. The summed E-state index contributed by atoms with van der Waals surface area (Å²) in [6.07, 6.45) is 3.53. The lowest BCUT2D eigenvalue weighted by molar-refractivity contribution is 0.0670. The molecule has 0 aliphatic carbocycles. The maximum absolute atomic E-state index is 13.3. The second-order valence-corrected chi connectivity index (χ2v) is 7.73. The Kier molecular flexibility index (Phi) is 4.41. The monoisotopic (exact) mass is 366 g/mol. The second-order valence-electron chi connectivity index (χ2n) is 6.95. The molecule has 0 spiro atoms. The summed E-state index contributed by atoms with van der Waals surface area (Å²) in [4.78, 5) is 28.2. The van der Waals surface area contributed by atoms with Crippen LogP contribution in [-0.4, -0.2) is 21.4 Å². The van der Waals surface area contributed by atoms with Crippen LogP contribution in [0.15, 0.2) is 46.0 Å². The second kappa shape index (κ2) is 6.72. The Bertz CT molecular complexity index is 1020. The van der Waals surface area contributed by atoms with E-state index in [1.54, 1.807) is 17.5 Å². The van der Waals surface area contributed by atoms with Crippen LogP contribution in [0.1, 0.15) is 41.8 Å². The quantitative estimate of drug-likeness (QED) is 0.683. The number of aromatic nitrogens is 1. The molecule has 0 N–H and O–H groups in total. The molecule has 2 aromatic heterocycles. The van der Waals surface area contributed by atoms with Crippen LogP contribution in [0.2, 0.25) is 0 Å². The van der Waals surface area contributed by atoms with E-state index >= 15 is 0 Å². The molecule has 0 saturated heterocycles. The first-order valence-corrected chi connectivity index (χ1v) is 10.0. The number of rotatable bonds is 5. The molecule has 26 heavy (non-hydrogen) atoms. The average Bonchev–Trinajstić information content (AvgIpc) is 3.32. The third kappa shape index (κ3) is 2.76. The summed E-state index contributed by atoms with van der Waals surface area (Å²) >= 11 is 1.62. The first-order chi connectivity index (χ1) is 12.6. The van der Waals surface area contributed by atoms with Crippen LogP contribution >= 0.6 is 11.3 Å². The first-order valence-electron chi connectivity index (χ1n) is 9.07. The van der Waals surface area contributed by atoms with E-state index in [-0.39, 0.29) is 22.9 Å². The molecule has 1 aliphatic rings. The van der Waals surface area contributed by atoms with Gasteiger partial charge in [-0.05, 0) is 53.8 Å². The van der Waals surface area contributed by atoms with Crippen molar-refractivity contribution in [1.29, 1.82) is 0 Å². The lowest BCUT2D eigenvalue weighted by Crippen LogP contribution is -2.40. The molecule has 0 radical (unpaired) electrons. The third-order valence-electron chi connectivity index (χ3n) is 5.35. The normalized spacial score (nSPS) is 13.9. The highest BCUT2D eigenvalue weighted by atomic mass is 32.1. The summed E-state index contributed by atoms with van der Waals surface area (Å²) in [5.41, 5.74) is 3.42. The molecule has 1 amide bonds. The van der Waals surface area contributed by atoms with Crippen molar-refractivity contribution in [1.82, 2.24) is 9.47 Å². The van der Waals surface area contributed by atoms with Gasteiger partial charge >= 0.3 is 0 Å². The van der Waals surface area contributed by atoms with Gasteiger partial charge in [-0.15, -0.1) is 0 Å². The van der Waals surface area contributed by atoms with Crippen LogP contribution in [-0.2, 0) is 19.5 Å². The van der Waals surface area contributed by atoms with Crippen molar-refractivity contribution in [2.75, 3.05) is 0 Å². The van der Waals surface area contributed by atoms with Gasteiger partial charge in [0.1, 0.15) is 5.56 Å². The number of amides is 1. The minimum Gasteiger partial charge on any atom is -0.346 e. The molecule has 4 nitrogen and oxygen atoms in total. The molecule has 0 saturated carbocycles. The van der Waals surface area contributed by atoms with Crippen molar-refractivity contribution in [2.24, 2.45) is 0 Å². The number of hydrogen-bond acceptors (Lipinski definition) is 3. The standard InChI is InChI=1S/C21H22N2O2S/c1-3-14(2)23(11-15-8-10-26-13-15)21(25)18-12-22-9-7-16-5-4-6-17(19(16)22)20(18)24/h4-6,8,10,12-14H,3,7,9,11H2,1-2H3/t14-/m0/s1. The molecule has 1 atom stereocenters. The molecule has 4 rings (SSSR count). The number of carbonyl (C=O) groups excluding carboxylic acids is 1. The van der Waals surface area contributed by atoms with Crippen LogP contribution < -0.4 is 5.43 Å². The van der Waals surface area contributed by atoms with Gasteiger partial charge in [0.15, 0.2) is 0 Å². The van der Waals surface area contributed by atoms with E-state index in [2.05, 4.69) is 22.9 Å². The van der Waals surface area contributed by atoms with Crippen molar-refractivity contribution >= 4 is 28.1 Å². The number of carbonyl (C=O) groups is 1. The fraction of sp³-hybridized carbons (Fsp3) is 0.333. The highest BCUT2D eigenvalue weighted by Crippen LogP contribution is 2.25. The van der Waals surface area contributed by atoms with Crippen LogP contribution in [0.4, 0.5) is 0 Å². The van der Waals surface area contributed by atoms with Gasteiger partial charge in [0.2, 0.25) is 5.43 Å². The number of pyridine rings is 1. The largest absolute Gasteiger partial charge is 0.346 e. The van der Waals surface area contributed by atoms with Gasteiger partial charge in [0, 0.05) is 30.7 Å². The molecule has 134 valence electrons. The Balaban J connectivity index is 1.79. The van der Waals surface area contributed by atoms with Gasteiger partial charge < -0.3 is 9.47 Å². The highest BCUT2D eigenvalue weighted by Gasteiger charge is 2.26. The Labute approximate surface area is 156 Å². The topological polar surface area (TPSA) is 42.3 Å². The van der Waals surface area contributed by atoms with Crippen molar-refractivity contribution in [3.63, 3.8) is 0 Å². The van der Waals surface area contributed by atoms with Gasteiger partial charge in [-0.2, -0.15) is 11.3 Å². The van der Waals surface area contributed by atoms with Crippen molar-refractivity contribution < 1.29 is 4.79 Å². The molecule has 0 bridgehead atoms. The molecule has 0 fully saturated rings. The first kappa shape index (κ1) is 17.0. The molecule has 3 aromatic rings. The fourth-order valence-corrected chi connectivity index (χ4v) is 4.35. The van der Waals surface area contributed by atoms with Crippen LogP contribution in [0.3, 0.4) is 0 Å². The average molecular weight is 366 g/mol. The van der Waals surface area contributed by atoms with E-state index in [1.165, 1.54) is 5.56 Å². The maximum Gasteiger partial charge on any atom is 0.259 e. The van der Waals surface area contributed by atoms with Crippen LogP contribution in [0.5, 0.6) is 0 Å². The van der Waals surface area contributed by atoms with Gasteiger partial charge in [-0.1, -0.05) is 19.1 Å². The lowest BCUT2D eigenvalue weighted by Gasteiger charge is -2.28. The number of aryl methyl sites for hydroxylation is 2. The van der Waals surface area contributed by atoms with Crippen LogP contribution in [0, 0.1) is 0 Å². The Morgan fingerprint density at radius 1 is 1.35 bits per heavy atom. The summed E-state index contributed by atoms with van der Waals surface area (Å²) < 4.78 is 2.07. The van der Waals surface area contributed by atoms with Crippen molar-refractivity contribution in [3.8, 4) is 0 Å². The predicted molar refractivity (Wildman–Crippen MR) is 106 cm³/mol. The minimum atomic E-state index is -0.168. The van der Waals surface area contributed by atoms with Gasteiger partial charge in [0.05, 0.1) is 5.52 Å². The Hall–Kier alpha value is -2.40. The van der Waals surface area contributed by atoms with E-state index in [4.69, 9.17) is 0 Å². The Morgan fingerprint density at radius 3 is 2.92 bits per heavy atom. The number of hydrogen-bond donors (Lipinski definition) is 0. The zero-order chi connectivity index (χ0) is 18.3. The predicted octanol–water partition coefficient (Wildman–Crippen LogP) is 4.06. The number of thiophene rings is 1. The molecule has 5 heteroatoms. The van der Waals surface area contributed by atoms with E-state index < -0.39 is 0 Å². The zero-order valence-electron chi connectivity index (χ0n) is 15.1. The van der Waals surface area contributed by atoms with E-state index in [9.17, 15) is 9.59 Å². The molecule has 0 unspecified atom stereocenters. The SMILES string of the molecule is CC[C@H](C)N(Cc1ccsc1)C(=O)c1cn2c3c(cccc3c1=O)CC2. The number of benzene rings is 1. The summed E-state index contributed by atoms with van der Waals surface area (Å²) in [5, 5.41) is 4.73. The number of para-hydroxylation sites is 1. The van der Waals surface area contributed by atoms with Gasteiger partial charge in [-0.3, -0.25) is 9.59 Å². The van der Waals surface area contributed by atoms with Crippen molar-refractivity contribution in [2.45, 2.75) is 45.8 Å². The fourth-order valence-electron chi connectivity index (χ4n) is 3.69. The molecular weight excluding hydrogens is 344 g/mol. The highest BCUT2D eigenvalue weighted by molar-refractivity contribution is 7.07. The van der Waals surface area contributed by atoms with Crippen molar-refractivity contribution in [3.05, 3.63) is 68.1 Å². The van der Waals surface area contributed by atoms with E-state index in [0.717, 1.165) is 30.5 Å². The van der Waals surface area contributed by atoms with E-state index in [0.29, 0.717) is 11.9 Å². The third-order valence-corrected chi connectivity index (χ3v) is 6.08. The van der Waals surface area contributed by atoms with Gasteiger partial charge in [-0.25, -0.2) is 0 Å². The molecule has 1 aromatic carbocycles.